The van der Waals surface area contributed by atoms with Crippen molar-refractivity contribution in [3.63, 3.8) is 0 Å². The van der Waals surface area contributed by atoms with Crippen molar-refractivity contribution in [2.75, 3.05) is 0 Å². The van der Waals surface area contributed by atoms with Crippen LogP contribution in [-0.2, 0) is 14.1 Å². The highest BCUT2D eigenvalue weighted by Crippen LogP contribution is 2.52. The number of pyridine rings is 2. The Morgan fingerprint density at radius 2 is 0.690 bits per heavy atom. The Labute approximate surface area is 244 Å². The lowest BCUT2D eigenvalue weighted by molar-refractivity contribution is -0.617. The number of hydrogen-bond acceptors (Lipinski definition) is 0. The molecule has 0 spiro atoms. The molecule has 0 bridgehead atoms. The zero-order valence-corrected chi connectivity index (χ0v) is 23.6. The van der Waals surface area contributed by atoms with Crippen LogP contribution in [0.15, 0.2) is 133 Å². The van der Waals surface area contributed by atoms with Crippen molar-refractivity contribution in [3.8, 4) is 0 Å². The van der Waals surface area contributed by atoms with Gasteiger partial charge in [-0.05, 0) is 57.3 Å². The summed E-state index contributed by atoms with van der Waals surface area (Å²) in [4.78, 5) is 0. The fourth-order valence-electron chi connectivity index (χ4n) is 7.54. The quantitative estimate of drug-likeness (QED) is 0.155. The molecule has 0 unspecified atom stereocenters. The second kappa shape index (κ2) is 8.58. The molecule has 2 nitrogen and oxygen atoms in total. The minimum absolute atomic E-state index is 1.23. The number of hydrogen-bond donors (Lipinski definition) is 0. The Bertz CT molecular complexity index is 2200. The van der Waals surface area contributed by atoms with E-state index in [-0.39, 0.29) is 0 Å². The van der Waals surface area contributed by atoms with Crippen LogP contribution in [0, 0.1) is 0 Å². The fraction of sp³-hybridized carbons (Fsp3) is 0.0500. The van der Waals surface area contributed by atoms with Crippen LogP contribution in [0.5, 0.6) is 0 Å². The number of fused-ring (bicyclic) bond motifs is 4. The lowest BCUT2D eigenvalue weighted by atomic mass is 9.85. The fourth-order valence-corrected chi connectivity index (χ4v) is 7.54. The molecule has 1 aliphatic rings. The third-order valence-electron chi connectivity index (χ3n) is 9.33. The molecule has 2 heteroatoms. The van der Waals surface area contributed by atoms with Gasteiger partial charge in [-0.1, -0.05) is 84.9 Å². The molecule has 0 amide bonds. The van der Waals surface area contributed by atoms with Crippen LogP contribution in [0.25, 0.3) is 65.5 Å². The number of rotatable bonds is 2. The van der Waals surface area contributed by atoms with Crippen LogP contribution in [0.3, 0.4) is 0 Å². The van der Waals surface area contributed by atoms with Crippen molar-refractivity contribution >= 4 is 65.5 Å². The van der Waals surface area contributed by atoms with Gasteiger partial charge in [0.25, 0.3) is 0 Å². The molecule has 0 atom stereocenters. The molecule has 196 valence electrons. The Morgan fingerprint density at radius 1 is 0.357 bits per heavy atom. The summed E-state index contributed by atoms with van der Waals surface area (Å²) in [7, 11) is 4.37. The third-order valence-corrected chi connectivity index (χ3v) is 9.33. The van der Waals surface area contributed by atoms with Gasteiger partial charge in [0.2, 0.25) is 22.1 Å². The molecule has 0 radical (unpaired) electrons. The standard InChI is InChI=1S/C40H28N2/c1-41-32-21-7-3-15-26(32)37(27-16-4-8-22-33(27)41)39-30-19-11-13-25-14-12-20-31(36(25)30)40(39)38-28-17-5-9-23-34(28)42(2)35-24-10-6-18-29(35)38/h3-24H,1-2H3/q+2. The van der Waals surface area contributed by atoms with Crippen LogP contribution in [0.2, 0.25) is 0 Å². The summed E-state index contributed by atoms with van der Waals surface area (Å²) >= 11 is 0. The van der Waals surface area contributed by atoms with E-state index in [2.05, 4.69) is 157 Å². The van der Waals surface area contributed by atoms with Gasteiger partial charge in [0, 0.05) is 35.4 Å². The van der Waals surface area contributed by atoms with E-state index in [0.717, 1.165) is 0 Å². The van der Waals surface area contributed by atoms with Crippen molar-refractivity contribution in [1.29, 1.82) is 0 Å². The summed E-state index contributed by atoms with van der Waals surface area (Å²) in [6.45, 7) is 0. The van der Waals surface area contributed by atoms with Gasteiger partial charge in [-0.25, -0.2) is 0 Å². The molecule has 2 heterocycles. The zero-order valence-electron chi connectivity index (χ0n) is 23.6. The predicted octanol–water partition coefficient (Wildman–Crippen LogP) is 8.42. The average Bonchev–Trinajstić information content (AvgIpc) is 3.37. The molecule has 8 aromatic rings. The van der Waals surface area contributed by atoms with Crippen LogP contribution >= 0.6 is 0 Å². The number of nitrogens with zero attached hydrogens (tertiary/aromatic N) is 2. The first kappa shape index (κ1) is 23.4. The minimum Gasteiger partial charge on any atom is -0.194 e. The van der Waals surface area contributed by atoms with Gasteiger partial charge in [-0.2, -0.15) is 9.13 Å². The van der Waals surface area contributed by atoms with Gasteiger partial charge in [-0.3, -0.25) is 0 Å². The number of aromatic nitrogens is 2. The SMILES string of the molecule is C[n+]1c2ccccc2c(C2=C(c3c4ccccc4[n+](C)c4ccccc34)c3cccc4cccc2c34)c2ccccc21. The molecular weight excluding hydrogens is 508 g/mol. The number of benzene rings is 6. The van der Waals surface area contributed by atoms with Crippen LogP contribution in [0.1, 0.15) is 22.3 Å². The molecule has 0 saturated heterocycles. The van der Waals surface area contributed by atoms with Crippen LogP contribution in [0.4, 0.5) is 0 Å². The molecule has 9 rings (SSSR count). The van der Waals surface area contributed by atoms with Gasteiger partial charge in [0.1, 0.15) is 14.1 Å². The van der Waals surface area contributed by atoms with E-state index < -0.39 is 0 Å². The topological polar surface area (TPSA) is 7.76 Å². The zero-order chi connectivity index (χ0) is 27.9. The maximum atomic E-state index is 2.34. The average molecular weight is 537 g/mol. The minimum atomic E-state index is 1.23. The van der Waals surface area contributed by atoms with Gasteiger partial charge >= 0.3 is 0 Å². The molecule has 0 aliphatic heterocycles. The van der Waals surface area contributed by atoms with E-state index >= 15 is 0 Å². The first-order valence-electron chi connectivity index (χ1n) is 14.6. The van der Waals surface area contributed by atoms with E-state index in [1.54, 1.807) is 0 Å². The first-order valence-corrected chi connectivity index (χ1v) is 14.6. The summed E-state index contributed by atoms with van der Waals surface area (Å²) in [6.07, 6.45) is 0. The maximum Gasteiger partial charge on any atom is 0.213 e. The largest absolute Gasteiger partial charge is 0.213 e. The summed E-state index contributed by atoms with van der Waals surface area (Å²) < 4.78 is 4.68. The molecule has 0 saturated carbocycles. The molecule has 2 aromatic heterocycles. The summed E-state index contributed by atoms with van der Waals surface area (Å²) in [5.74, 6) is 0. The lowest BCUT2D eigenvalue weighted by Crippen LogP contribution is -2.31. The van der Waals surface area contributed by atoms with Crippen molar-refractivity contribution in [1.82, 2.24) is 0 Å². The summed E-state index contributed by atoms with van der Waals surface area (Å²) in [6, 6.07) is 49.1. The van der Waals surface area contributed by atoms with Gasteiger partial charge < -0.3 is 0 Å². The van der Waals surface area contributed by atoms with E-state index in [9.17, 15) is 0 Å². The second-order valence-electron chi connectivity index (χ2n) is 11.4. The Kier molecular flexibility index (Phi) is 4.77. The van der Waals surface area contributed by atoms with Crippen molar-refractivity contribution in [2.24, 2.45) is 14.1 Å². The number of para-hydroxylation sites is 4. The van der Waals surface area contributed by atoms with E-state index in [1.165, 1.54) is 87.8 Å². The van der Waals surface area contributed by atoms with E-state index in [1.807, 2.05) is 0 Å². The smallest absolute Gasteiger partial charge is 0.194 e. The Balaban J connectivity index is 1.59. The molecule has 6 aromatic carbocycles. The van der Waals surface area contributed by atoms with E-state index in [0.29, 0.717) is 0 Å². The second-order valence-corrected chi connectivity index (χ2v) is 11.4. The van der Waals surface area contributed by atoms with Crippen LogP contribution < -0.4 is 9.13 Å². The monoisotopic (exact) mass is 536 g/mol. The third kappa shape index (κ3) is 2.99. The molecule has 0 fully saturated rings. The Morgan fingerprint density at radius 3 is 1.05 bits per heavy atom. The number of aryl methyl sites for hydroxylation is 2. The van der Waals surface area contributed by atoms with E-state index in [4.69, 9.17) is 0 Å². The van der Waals surface area contributed by atoms with Crippen molar-refractivity contribution in [2.45, 2.75) is 0 Å². The van der Waals surface area contributed by atoms with Gasteiger partial charge in [-0.15, -0.1) is 0 Å². The van der Waals surface area contributed by atoms with Gasteiger partial charge in [0.05, 0.1) is 21.5 Å². The normalized spacial score (nSPS) is 12.9. The van der Waals surface area contributed by atoms with Crippen molar-refractivity contribution < 1.29 is 9.13 Å². The molecular formula is C40H28N2+2. The highest BCUT2D eigenvalue weighted by molar-refractivity contribution is 6.28. The van der Waals surface area contributed by atoms with Gasteiger partial charge in [0.15, 0.2) is 0 Å². The molecule has 0 N–H and O–H groups in total. The molecule has 42 heavy (non-hydrogen) atoms. The maximum absolute atomic E-state index is 2.34. The Hall–Kier alpha value is -5.34. The summed E-state index contributed by atoms with van der Waals surface area (Å²) in [5.41, 5.74) is 12.8. The predicted molar refractivity (Wildman–Crippen MR) is 174 cm³/mol. The van der Waals surface area contributed by atoms with Crippen LogP contribution in [-0.4, -0.2) is 0 Å². The summed E-state index contributed by atoms with van der Waals surface area (Å²) in [5, 5.41) is 7.70. The first-order chi connectivity index (χ1) is 20.7. The lowest BCUT2D eigenvalue weighted by Gasteiger charge is -2.17. The molecule has 1 aliphatic carbocycles. The highest BCUT2D eigenvalue weighted by atomic mass is 14.9. The highest BCUT2D eigenvalue weighted by Gasteiger charge is 2.33. The van der Waals surface area contributed by atoms with Crippen molar-refractivity contribution in [3.05, 3.63) is 156 Å².